The van der Waals surface area contributed by atoms with E-state index in [1.807, 2.05) is 0 Å². The second-order valence-corrected chi connectivity index (χ2v) is 4.64. The van der Waals surface area contributed by atoms with Gasteiger partial charge in [0.25, 0.3) is 0 Å². The fraction of sp³-hybridized carbons (Fsp3) is 0.333. The predicted molar refractivity (Wildman–Crippen MR) is 52.3 cm³/mol. The van der Waals surface area contributed by atoms with Crippen LogP contribution in [0, 0.1) is 0 Å². The molecule has 78 valence electrons. The van der Waals surface area contributed by atoms with Crippen molar-refractivity contribution in [3.8, 4) is 0 Å². The number of imidazole rings is 1. The maximum Gasteiger partial charge on any atom is 0.354 e. The zero-order chi connectivity index (χ0) is 10.6. The third-order valence-electron chi connectivity index (χ3n) is 2.55. The molecule has 1 aliphatic carbocycles. The van der Waals surface area contributed by atoms with Crippen LogP contribution in [0.15, 0.2) is 12.5 Å². The van der Waals surface area contributed by atoms with Crippen molar-refractivity contribution in [2.45, 2.75) is 18.5 Å². The lowest BCUT2D eigenvalue weighted by molar-refractivity contribution is 0.0688. The van der Waals surface area contributed by atoms with Crippen LogP contribution in [-0.4, -0.2) is 26.6 Å². The van der Waals surface area contributed by atoms with Crippen LogP contribution >= 0.6 is 11.3 Å². The third kappa shape index (κ3) is 1.18. The maximum atomic E-state index is 12.9. The van der Waals surface area contributed by atoms with Crippen LogP contribution in [0.25, 0.3) is 4.83 Å². The normalized spacial score (nSPS) is 24.6. The van der Waals surface area contributed by atoms with Crippen molar-refractivity contribution in [3.63, 3.8) is 0 Å². The number of carbonyl (C=O) groups is 1. The van der Waals surface area contributed by atoms with Crippen LogP contribution in [0.3, 0.4) is 0 Å². The summed E-state index contributed by atoms with van der Waals surface area (Å²) in [6.45, 7) is 0. The summed E-state index contributed by atoms with van der Waals surface area (Å²) in [5.74, 6) is -1.24. The molecule has 0 bridgehead atoms. The lowest BCUT2D eigenvalue weighted by Gasteiger charge is -1.96. The lowest BCUT2D eigenvalue weighted by Crippen LogP contribution is -2.03. The summed E-state index contributed by atoms with van der Waals surface area (Å²) in [4.78, 5) is 16.3. The van der Waals surface area contributed by atoms with Gasteiger partial charge in [-0.1, -0.05) is 0 Å². The Labute approximate surface area is 88.0 Å². The molecule has 1 saturated carbocycles. The van der Waals surface area contributed by atoms with Gasteiger partial charge in [0.2, 0.25) is 0 Å². The highest BCUT2D eigenvalue weighted by molar-refractivity contribution is 7.17. The molecule has 3 rings (SSSR count). The topological polar surface area (TPSA) is 54.6 Å². The molecule has 6 heteroatoms. The van der Waals surface area contributed by atoms with Gasteiger partial charge < -0.3 is 5.11 Å². The van der Waals surface area contributed by atoms with E-state index in [0.717, 1.165) is 4.83 Å². The standard InChI is InChI=1S/C9H7FN2O2S/c10-5-1-4(5)8-7(9(13)14)12-3-11-2-6(12)15-8/h2-5H,1H2,(H,13,14)/t4-,5+/m1/s1. The van der Waals surface area contributed by atoms with Gasteiger partial charge in [-0.2, -0.15) is 0 Å². The van der Waals surface area contributed by atoms with Crippen LogP contribution in [0.4, 0.5) is 4.39 Å². The number of hydrogen-bond acceptors (Lipinski definition) is 3. The zero-order valence-corrected chi connectivity index (χ0v) is 8.37. The molecule has 0 aliphatic heterocycles. The smallest absolute Gasteiger partial charge is 0.354 e. The predicted octanol–water partition coefficient (Wildman–Crippen LogP) is 1.92. The maximum absolute atomic E-state index is 12.9. The molecule has 2 atom stereocenters. The van der Waals surface area contributed by atoms with Crippen molar-refractivity contribution in [3.05, 3.63) is 23.1 Å². The van der Waals surface area contributed by atoms with Gasteiger partial charge >= 0.3 is 5.97 Å². The van der Waals surface area contributed by atoms with Gasteiger partial charge in [0.1, 0.15) is 23.0 Å². The Hall–Kier alpha value is -1.43. The Morgan fingerprint density at radius 3 is 3.07 bits per heavy atom. The Morgan fingerprint density at radius 1 is 1.73 bits per heavy atom. The van der Waals surface area contributed by atoms with Gasteiger partial charge in [0.05, 0.1) is 6.20 Å². The highest BCUT2D eigenvalue weighted by Crippen LogP contribution is 2.47. The molecule has 0 amide bonds. The van der Waals surface area contributed by atoms with Crippen molar-refractivity contribution < 1.29 is 14.3 Å². The Kier molecular flexibility index (Phi) is 1.64. The Bertz CT molecular complexity index is 547. The highest BCUT2D eigenvalue weighted by Gasteiger charge is 2.43. The van der Waals surface area contributed by atoms with Gasteiger partial charge in [-0.25, -0.2) is 14.2 Å². The molecule has 0 aromatic carbocycles. The average molecular weight is 226 g/mol. The van der Waals surface area contributed by atoms with Crippen LogP contribution in [0.5, 0.6) is 0 Å². The third-order valence-corrected chi connectivity index (χ3v) is 3.77. The molecule has 2 aromatic heterocycles. The van der Waals surface area contributed by atoms with Gasteiger partial charge in [-0.3, -0.25) is 4.40 Å². The summed E-state index contributed by atoms with van der Waals surface area (Å²) < 4.78 is 14.4. The number of rotatable bonds is 2. The van der Waals surface area contributed by atoms with E-state index < -0.39 is 12.1 Å². The largest absolute Gasteiger partial charge is 0.477 e. The fourth-order valence-corrected chi connectivity index (χ4v) is 2.95. The summed E-state index contributed by atoms with van der Waals surface area (Å²) in [7, 11) is 0. The van der Waals surface area contributed by atoms with E-state index in [1.54, 1.807) is 6.20 Å². The number of thiazole rings is 1. The van der Waals surface area contributed by atoms with Crippen molar-refractivity contribution in [2.75, 3.05) is 0 Å². The monoisotopic (exact) mass is 226 g/mol. The van der Waals surface area contributed by atoms with Crippen LogP contribution in [-0.2, 0) is 0 Å². The second-order valence-electron chi connectivity index (χ2n) is 3.58. The molecule has 0 radical (unpaired) electrons. The number of nitrogens with zero attached hydrogens (tertiary/aromatic N) is 2. The summed E-state index contributed by atoms with van der Waals surface area (Å²) in [5, 5.41) is 9.07. The molecule has 1 N–H and O–H groups in total. The minimum absolute atomic E-state index is 0.164. The number of halogens is 1. The van der Waals surface area contributed by atoms with Crippen LogP contribution in [0.1, 0.15) is 27.7 Å². The van der Waals surface area contributed by atoms with E-state index in [9.17, 15) is 9.18 Å². The number of fused-ring (bicyclic) bond motifs is 1. The second kappa shape index (κ2) is 2.79. The first-order chi connectivity index (χ1) is 7.18. The van der Waals surface area contributed by atoms with E-state index in [0.29, 0.717) is 11.3 Å². The average Bonchev–Trinajstić information content (AvgIpc) is 2.62. The first-order valence-corrected chi connectivity index (χ1v) is 5.32. The summed E-state index contributed by atoms with van der Waals surface area (Å²) in [6, 6.07) is 0. The van der Waals surface area contributed by atoms with Gasteiger partial charge in [0, 0.05) is 10.8 Å². The molecule has 0 spiro atoms. The van der Waals surface area contributed by atoms with E-state index in [4.69, 9.17) is 5.11 Å². The molecule has 4 nitrogen and oxygen atoms in total. The first kappa shape index (κ1) is 8.84. The zero-order valence-electron chi connectivity index (χ0n) is 7.55. The molecule has 1 fully saturated rings. The molecule has 0 unspecified atom stereocenters. The van der Waals surface area contributed by atoms with E-state index in [-0.39, 0.29) is 11.6 Å². The first-order valence-electron chi connectivity index (χ1n) is 4.50. The van der Waals surface area contributed by atoms with E-state index >= 15 is 0 Å². The van der Waals surface area contributed by atoms with Crippen LogP contribution < -0.4 is 0 Å². The summed E-state index contributed by atoms with van der Waals surface area (Å²) in [6.07, 6.45) is 2.61. The van der Waals surface area contributed by atoms with Gasteiger partial charge in [0.15, 0.2) is 0 Å². The highest BCUT2D eigenvalue weighted by atomic mass is 32.1. The van der Waals surface area contributed by atoms with Gasteiger partial charge in [-0.05, 0) is 6.42 Å². The molecule has 15 heavy (non-hydrogen) atoms. The molecular formula is C9H7FN2O2S. The Morgan fingerprint density at radius 2 is 2.47 bits per heavy atom. The van der Waals surface area contributed by atoms with Crippen molar-refractivity contribution >= 4 is 22.1 Å². The molecule has 0 saturated heterocycles. The van der Waals surface area contributed by atoms with Crippen molar-refractivity contribution in [1.82, 2.24) is 9.38 Å². The Balaban J connectivity index is 2.23. The van der Waals surface area contributed by atoms with E-state index in [2.05, 4.69) is 4.98 Å². The number of aromatic nitrogens is 2. The van der Waals surface area contributed by atoms with E-state index in [1.165, 1.54) is 22.1 Å². The molecular weight excluding hydrogens is 219 g/mol. The molecule has 1 aliphatic rings. The minimum Gasteiger partial charge on any atom is -0.477 e. The summed E-state index contributed by atoms with van der Waals surface area (Å²) >= 11 is 1.31. The minimum atomic E-state index is -1.02. The van der Waals surface area contributed by atoms with Gasteiger partial charge in [-0.15, -0.1) is 11.3 Å². The SMILES string of the molecule is O=C(O)c1c([C@@H]2C[C@@H]2F)sc2cncn12. The molecule has 2 aromatic rings. The number of alkyl halides is 1. The quantitative estimate of drug-likeness (QED) is 0.851. The number of carboxylic acids is 1. The number of hydrogen-bond donors (Lipinski definition) is 1. The van der Waals surface area contributed by atoms with Crippen molar-refractivity contribution in [1.29, 1.82) is 0 Å². The number of carboxylic acid groups (broad SMARTS) is 1. The molecule has 2 heterocycles. The van der Waals surface area contributed by atoms with Crippen molar-refractivity contribution in [2.24, 2.45) is 0 Å². The fourth-order valence-electron chi connectivity index (χ4n) is 1.70. The van der Waals surface area contributed by atoms with Crippen LogP contribution in [0.2, 0.25) is 0 Å². The summed E-state index contributed by atoms with van der Waals surface area (Å²) in [5.41, 5.74) is 0.164. The lowest BCUT2D eigenvalue weighted by atomic mass is 10.2. The number of aromatic carboxylic acids is 1.